The molecule has 2 rings (SSSR count). The first-order chi connectivity index (χ1) is 11.1. The van der Waals surface area contributed by atoms with E-state index in [0.29, 0.717) is 21.9 Å². The fourth-order valence-corrected chi connectivity index (χ4v) is 2.89. The van der Waals surface area contributed by atoms with Crippen molar-refractivity contribution in [3.8, 4) is 0 Å². The average molecular weight is 369 g/mol. The van der Waals surface area contributed by atoms with Gasteiger partial charge in [-0.1, -0.05) is 17.7 Å². The Hall–Kier alpha value is -2.19. The molecule has 1 unspecified atom stereocenters. The molecule has 0 aliphatic carbocycles. The number of nitro groups is 1. The summed E-state index contributed by atoms with van der Waals surface area (Å²) in [6.45, 7) is 1.79. The number of allylic oxidation sites excluding steroid dienone is 1. The predicted octanol–water partition coefficient (Wildman–Crippen LogP) is 2.47. The molecule has 1 atom stereocenters. The summed E-state index contributed by atoms with van der Waals surface area (Å²) in [7, 11) is 5.06. The van der Waals surface area contributed by atoms with E-state index < -0.39 is 11.0 Å². The molecular formula is C15H17ClN4O3S. The third-order valence-electron chi connectivity index (χ3n) is 3.89. The smallest absolute Gasteiger partial charge is 0.288 e. The van der Waals surface area contributed by atoms with E-state index >= 15 is 0 Å². The Morgan fingerprint density at radius 3 is 2.62 bits per heavy atom. The molecule has 9 heteroatoms. The number of rotatable bonds is 3. The molecule has 0 saturated carbocycles. The third-order valence-corrected chi connectivity index (χ3v) is 4.60. The third kappa shape index (κ3) is 3.20. The quantitative estimate of drug-likeness (QED) is 0.501. The van der Waals surface area contributed by atoms with Crippen molar-refractivity contribution in [1.82, 2.24) is 15.1 Å². The van der Waals surface area contributed by atoms with Gasteiger partial charge >= 0.3 is 0 Å². The molecule has 7 nitrogen and oxygen atoms in total. The number of carbonyl (C=O) groups is 1. The second-order valence-corrected chi connectivity index (χ2v) is 6.40. The molecule has 1 aliphatic rings. The van der Waals surface area contributed by atoms with Crippen molar-refractivity contribution in [2.24, 2.45) is 0 Å². The monoisotopic (exact) mass is 368 g/mol. The topological polar surface area (TPSA) is 78.7 Å². The van der Waals surface area contributed by atoms with Crippen molar-refractivity contribution in [2.75, 3.05) is 21.1 Å². The van der Waals surface area contributed by atoms with Gasteiger partial charge in [-0.3, -0.25) is 14.9 Å². The lowest BCUT2D eigenvalue weighted by molar-refractivity contribution is -0.384. The Kier molecular flexibility index (Phi) is 5.10. The summed E-state index contributed by atoms with van der Waals surface area (Å²) in [5.41, 5.74) is 1.51. The van der Waals surface area contributed by atoms with Crippen molar-refractivity contribution < 1.29 is 9.72 Å². The summed E-state index contributed by atoms with van der Waals surface area (Å²) in [5, 5.41) is 14.7. The molecule has 1 amide bonds. The number of amides is 1. The molecular weight excluding hydrogens is 352 g/mol. The molecule has 24 heavy (non-hydrogen) atoms. The normalized spacial score (nSPS) is 17.6. The molecule has 0 spiro atoms. The Morgan fingerprint density at radius 2 is 2.08 bits per heavy atom. The van der Waals surface area contributed by atoms with Gasteiger partial charge in [0.25, 0.3) is 11.6 Å². The molecule has 1 aliphatic heterocycles. The Morgan fingerprint density at radius 1 is 1.46 bits per heavy atom. The number of nitrogens with one attached hydrogen (secondary N) is 1. The maximum Gasteiger partial charge on any atom is 0.288 e. The maximum absolute atomic E-state index is 12.6. The van der Waals surface area contributed by atoms with E-state index in [0.717, 1.165) is 0 Å². The van der Waals surface area contributed by atoms with Crippen molar-refractivity contribution in [2.45, 2.75) is 13.0 Å². The second-order valence-electron chi connectivity index (χ2n) is 5.61. The number of thiocarbonyl (C=S) groups is 1. The Bertz CT molecular complexity index is 763. The van der Waals surface area contributed by atoms with Crippen molar-refractivity contribution in [1.29, 1.82) is 0 Å². The molecule has 1 N–H and O–H groups in total. The molecule has 1 aromatic rings. The van der Waals surface area contributed by atoms with Crippen LogP contribution < -0.4 is 5.32 Å². The van der Waals surface area contributed by atoms with Crippen LogP contribution in [0, 0.1) is 10.1 Å². The summed E-state index contributed by atoms with van der Waals surface area (Å²) in [6.07, 6.45) is 0. The fraction of sp³-hybridized carbons (Fsp3) is 0.333. The largest absolute Gasteiger partial charge is 0.351 e. The van der Waals surface area contributed by atoms with Crippen LogP contribution in [0.3, 0.4) is 0 Å². The summed E-state index contributed by atoms with van der Waals surface area (Å²) < 4.78 is 0. The summed E-state index contributed by atoms with van der Waals surface area (Å²) >= 11 is 11.2. The standard InChI is InChI=1S/C15H17ClN4O3S/c1-8-12(14(21)18(2)3)13(17-15(24)19(8)4)9-5-6-10(16)11(7-9)20(22)23/h5-7,13H,1-4H3,(H,17,24). The SMILES string of the molecule is CC1=C(C(=O)N(C)C)C(c2ccc(Cl)c([N+](=O)[O-])c2)NC(=S)N1C. The Labute approximate surface area is 150 Å². The van der Waals surface area contributed by atoms with Crippen LogP contribution in [-0.2, 0) is 4.79 Å². The van der Waals surface area contributed by atoms with E-state index in [4.69, 9.17) is 23.8 Å². The van der Waals surface area contributed by atoms with Gasteiger partial charge in [-0.05, 0) is 30.8 Å². The number of hydrogen-bond acceptors (Lipinski definition) is 4. The van der Waals surface area contributed by atoms with Crippen LogP contribution in [0.5, 0.6) is 0 Å². The van der Waals surface area contributed by atoms with E-state index in [1.807, 2.05) is 0 Å². The maximum atomic E-state index is 12.6. The minimum atomic E-state index is -0.584. The van der Waals surface area contributed by atoms with E-state index in [-0.39, 0.29) is 16.6 Å². The lowest BCUT2D eigenvalue weighted by atomic mass is 9.94. The zero-order chi connectivity index (χ0) is 18.2. The molecule has 0 bridgehead atoms. The van der Waals surface area contributed by atoms with Crippen molar-refractivity contribution in [3.63, 3.8) is 0 Å². The molecule has 0 fully saturated rings. The van der Waals surface area contributed by atoms with E-state index in [9.17, 15) is 14.9 Å². The van der Waals surface area contributed by atoms with Gasteiger partial charge in [0, 0.05) is 32.9 Å². The number of nitrogens with zero attached hydrogens (tertiary/aromatic N) is 3. The molecule has 0 saturated heterocycles. The van der Waals surface area contributed by atoms with Gasteiger partial charge in [0.05, 0.1) is 16.5 Å². The van der Waals surface area contributed by atoms with Gasteiger partial charge in [-0.2, -0.15) is 0 Å². The van der Waals surface area contributed by atoms with Crippen LogP contribution in [0.25, 0.3) is 0 Å². The first-order valence-electron chi connectivity index (χ1n) is 7.05. The summed E-state index contributed by atoms with van der Waals surface area (Å²) in [4.78, 5) is 26.4. The van der Waals surface area contributed by atoms with Gasteiger partial charge in [0.2, 0.25) is 0 Å². The van der Waals surface area contributed by atoms with Gasteiger partial charge in [-0.15, -0.1) is 0 Å². The van der Waals surface area contributed by atoms with E-state index in [1.165, 1.54) is 17.0 Å². The van der Waals surface area contributed by atoms with Crippen molar-refractivity contribution >= 4 is 40.5 Å². The van der Waals surface area contributed by atoms with Crippen LogP contribution in [0.2, 0.25) is 5.02 Å². The first kappa shape index (κ1) is 18.2. The highest BCUT2D eigenvalue weighted by Crippen LogP contribution is 2.34. The number of carbonyl (C=O) groups excluding carboxylic acids is 1. The van der Waals surface area contributed by atoms with E-state index in [2.05, 4.69) is 5.32 Å². The number of hydrogen-bond donors (Lipinski definition) is 1. The van der Waals surface area contributed by atoms with Gasteiger partial charge in [0.15, 0.2) is 5.11 Å². The van der Waals surface area contributed by atoms with Gasteiger partial charge < -0.3 is 15.1 Å². The highest BCUT2D eigenvalue weighted by molar-refractivity contribution is 7.80. The fourth-order valence-electron chi connectivity index (χ4n) is 2.45. The highest BCUT2D eigenvalue weighted by atomic mass is 35.5. The number of halogens is 1. The van der Waals surface area contributed by atoms with Gasteiger partial charge in [0.1, 0.15) is 5.02 Å². The molecule has 1 aromatic carbocycles. The lowest BCUT2D eigenvalue weighted by Crippen LogP contribution is -2.47. The summed E-state index contributed by atoms with van der Waals surface area (Å²) in [6, 6.07) is 3.88. The van der Waals surface area contributed by atoms with Gasteiger partial charge in [-0.25, -0.2) is 0 Å². The zero-order valence-electron chi connectivity index (χ0n) is 13.7. The van der Waals surface area contributed by atoms with Crippen LogP contribution in [0.1, 0.15) is 18.5 Å². The second kappa shape index (κ2) is 6.74. The molecule has 1 heterocycles. The molecule has 0 aromatic heterocycles. The van der Waals surface area contributed by atoms with Crippen LogP contribution in [0.4, 0.5) is 5.69 Å². The van der Waals surface area contributed by atoms with Crippen molar-refractivity contribution in [3.05, 3.63) is 50.2 Å². The summed E-state index contributed by atoms with van der Waals surface area (Å²) in [5.74, 6) is -0.197. The minimum Gasteiger partial charge on any atom is -0.351 e. The zero-order valence-corrected chi connectivity index (χ0v) is 15.2. The minimum absolute atomic E-state index is 0.0421. The van der Waals surface area contributed by atoms with Crippen LogP contribution in [0.15, 0.2) is 29.5 Å². The number of nitro benzene ring substituents is 1. The molecule has 0 radical (unpaired) electrons. The molecule has 128 valence electrons. The van der Waals surface area contributed by atoms with Crippen LogP contribution >= 0.6 is 23.8 Å². The number of benzene rings is 1. The highest BCUT2D eigenvalue weighted by Gasteiger charge is 2.34. The predicted molar refractivity (Wildman–Crippen MR) is 95.7 cm³/mol. The lowest BCUT2D eigenvalue weighted by Gasteiger charge is -2.36. The Balaban J connectivity index is 2.62. The average Bonchev–Trinajstić information content (AvgIpc) is 2.51. The number of likely N-dealkylation sites (N-methyl/N-ethyl adjacent to an activating group) is 1. The van der Waals surface area contributed by atoms with Crippen LogP contribution in [-0.4, -0.2) is 46.9 Å². The first-order valence-corrected chi connectivity index (χ1v) is 7.84. The van der Waals surface area contributed by atoms with E-state index in [1.54, 1.807) is 39.0 Å².